The highest BCUT2D eigenvalue weighted by Crippen LogP contribution is 2.09. The number of hydrogen-bond acceptors (Lipinski definition) is 2. The number of carbonyl (C=O) groups excluding carboxylic acids is 2. The summed E-state index contributed by atoms with van der Waals surface area (Å²) in [7, 11) is 0. The zero-order chi connectivity index (χ0) is 14.1. The van der Waals surface area contributed by atoms with Crippen LogP contribution in [0.15, 0.2) is 30.3 Å². The summed E-state index contributed by atoms with van der Waals surface area (Å²) < 4.78 is 13.4. The van der Waals surface area contributed by atoms with Crippen LogP contribution in [0.3, 0.4) is 0 Å². The van der Waals surface area contributed by atoms with Gasteiger partial charge in [0.1, 0.15) is 6.17 Å². The predicted octanol–water partition coefficient (Wildman–Crippen LogP) is 2.27. The maximum Gasteiger partial charge on any atom is 0.224 e. The molecule has 0 aromatic heterocycles. The Bertz CT molecular complexity index is 409. The highest BCUT2D eigenvalue weighted by molar-refractivity contribution is 5.90. The second kappa shape index (κ2) is 8.24. The first kappa shape index (κ1) is 15.1. The fourth-order valence-electron chi connectivity index (χ4n) is 1.58. The van der Waals surface area contributed by atoms with Crippen molar-refractivity contribution in [3.63, 3.8) is 0 Å². The van der Waals surface area contributed by atoms with Gasteiger partial charge in [0.25, 0.3) is 0 Å². The Morgan fingerprint density at radius 3 is 2.53 bits per heavy atom. The number of anilines is 1. The molecule has 104 valence electrons. The normalized spacial score (nSPS) is 11.7. The fraction of sp³-hybridized carbons (Fsp3) is 0.429. The topological polar surface area (TPSA) is 58.2 Å². The SMILES string of the molecule is CC(=O)NCCC(F)CCC(=O)Nc1ccccc1. The summed E-state index contributed by atoms with van der Waals surface area (Å²) >= 11 is 0. The maximum atomic E-state index is 13.4. The van der Waals surface area contributed by atoms with E-state index in [9.17, 15) is 14.0 Å². The molecule has 0 saturated heterocycles. The smallest absolute Gasteiger partial charge is 0.224 e. The quantitative estimate of drug-likeness (QED) is 0.795. The molecule has 0 radical (unpaired) electrons. The molecular weight excluding hydrogens is 247 g/mol. The number of nitrogens with one attached hydrogen (secondary N) is 2. The molecule has 0 saturated carbocycles. The van der Waals surface area contributed by atoms with E-state index in [1.807, 2.05) is 18.2 Å². The van der Waals surface area contributed by atoms with Gasteiger partial charge in [-0.1, -0.05) is 18.2 Å². The first-order valence-electron chi connectivity index (χ1n) is 6.31. The van der Waals surface area contributed by atoms with E-state index in [0.29, 0.717) is 12.2 Å². The molecule has 1 unspecified atom stereocenters. The standard InChI is InChI=1S/C14H19FN2O2/c1-11(18)16-10-9-12(15)7-8-14(19)17-13-5-3-2-4-6-13/h2-6,12H,7-10H2,1H3,(H,16,18)(H,17,19). The minimum atomic E-state index is -1.08. The van der Waals surface area contributed by atoms with Gasteiger partial charge in [-0.05, 0) is 25.0 Å². The van der Waals surface area contributed by atoms with Gasteiger partial charge in [-0.25, -0.2) is 4.39 Å². The van der Waals surface area contributed by atoms with E-state index in [0.717, 1.165) is 0 Å². The lowest BCUT2D eigenvalue weighted by atomic mass is 10.1. The molecule has 0 aliphatic heterocycles. The van der Waals surface area contributed by atoms with Crippen LogP contribution in [0.5, 0.6) is 0 Å². The summed E-state index contributed by atoms with van der Waals surface area (Å²) in [5, 5.41) is 5.22. The minimum Gasteiger partial charge on any atom is -0.356 e. The molecule has 2 amide bonds. The molecule has 1 aromatic rings. The summed E-state index contributed by atoms with van der Waals surface area (Å²) in [5.74, 6) is -0.373. The second-order valence-electron chi connectivity index (χ2n) is 4.32. The third kappa shape index (κ3) is 7.18. The monoisotopic (exact) mass is 266 g/mol. The van der Waals surface area contributed by atoms with Gasteiger partial charge >= 0.3 is 0 Å². The van der Waals surface area contributed by atoms with Crippen LogP contribution in [0.25, 0.3) is 0 Å². The zero-order valence-corrected chi connectivity index (χ0v) is 11.0. The summed E-state index contributed by atoms with van der Waals surface area (Å²) in [6.07, 6.45) is -0.541. The van der Waals surface area contributed by atoms with Gasteiger partial charge in [-0.2, -0.15) is 0 Å². The molecule has 0 fully saturated rings. The molecule has 0 aliphatic rings. The molecular formula is C14H19FN2O2. The van der Waals surface area contributed by atoms with Gasteiger partial charge in [-0.3, -0.25) is 9.59 Å². The second-order valence-corrected chi connectivity index (χ2v) is 4.32. The van der Waals surface area contributed by atoms with Crippen LogP contribution >= 0.6 is 0 Å². The Balaban J connectivity index is 2.17. The van der Waals surface area contributed by atoms with Gasteiger partial charge in [0.15, 0.2) is 0 Å². The Labute approximate surface area is 112 Å². The molecule has 4 nitrogen and oxygen atoms in total. The summed E-state index contributed by atoms with van der Waals surface area (Å²) in [5.41, 5.74) is 0.709. The third-order valence-electron chi connectivity index (χ3n) is 2.57. The van der Waals surface area contributed by atoms with E-state index in [4.69, 9.17) is 0 Å². The predicted molar refractivity (Wildman–Crippen MR) is 72.5 cm³/mol. The third-order valence-corrected chi connectivity index (χ3v) is 2.57. The van der Waals surface area contributed by atoms with E-state index in [1.165, 1.54) is 6.92 Å². The van der Waals surface area contributed by atoms with Crippen molar-refractivity contribution >= 4 is 17.5 Å². The van der Waals surface area contributed by atoms with Crippen molar-refractivity contribution in [1.82, 2.24) is 5.32 Å². The lowest BCUT2D eigenvalue weighted by Crippen LogP contribution is -2.24. The van der Waals surface area contributed by atoms with Gasteiger partial charge in [0.2, 0.25) is 11.8 Å². The molecule has 1 aromatic carbocycles. The molecule has 1 atom stereocenters. The number of carbonyl (C=O) groups is 2. The first-order valence-corrected chi connectivity index (χ1v) is 6.31. The molecule has 0 heterocycles. The molecule has 19 heavy (non-hydrogen) atoms. The Hall–Kier alpha value is -1.91. The van der Waals surface area contributed by atoms with E-state index in [1.54, 1.807) is 12.1 Å². The van der Waals surface area contributed by atoms with Crippen molar-refractivity contribution in [2.24, 2.45) is 0 Å². The number of amides is 2. The lowest BCUT2D eigenvalue weighted by Gasteiger charge is -2.09. The van der Waals surface area contributed by atoms with Crippen LogP contribution in [0, 0.1) is 0 Å². The molecule has 5 heteroatoms. The molecule has 0 aliphatic carbocycles. The fourth-order valence-corrected chi connectivity index (χ4v) is 1.58. The van der Waals surface area contributed by atoms with Crippen LogP contribution in [-0.2, 0) is 9.59 Å². The molecule has 0 bridgehead atoms. The lowest BCUT2D eigenvalue weighted by molar-refractivity contribution is -0.119. The number of rotatable bonds is 7. The van der Waals surface area contributed by atoms with E-state index >= 15 is 0 Å². The van der Waals surface area contributed by atoms with E-state index in [-0.39, 0.29) is 31.1 Å². The summed E-state index contributed by atoms with van der Waals surface area (Å²) in [4.78, 5) is 22.1. The Morgan fingerprint density at radius 1 is 1.21 bits per heavy atom. The zero-order valence-electron chi connectivity index (χ0n) is 11.0. The number of halogens is 1. The van der Waals surface area contributed by atoms with Crippen molar-refractivity contribution < 1.29 is 14.0 Å². The van der Waals surface area contributed by atoms with Crippen LogP contribution in [0.2, 0.25) is 0 Å². The van der Waals surface area contributed by atoms with E-state index in [2.05, 4.69) is 10.6 Å². The highest BCUT2D eigenvalue weighted by Gasteiger charge is 2.10. The number of hydrogen-bond donors (Lipinski definition) is 2. The summed E-state index contributed by atoms with van der Waals surface area (Å²) in [6, 6.07) is 9.06. The summed E-state index contributed by atoms with van der Waals surface area (Å²) in [6.45, 7) is 1.69. The van der Waals surface area contributed by atoms with Crippen molar-refractivity contribution in [2.75, 3.05) is 11.9 Å². The largest absolute Gasteiger partial charge is 0.356 e. The number of alkyl halides is 1. The van der Waals surface area contributed by atoms with Gasteiger partial charge in [-0.15, -0.1) is 0 Å². The molecule has 2 N–H and O–H groups in total. The van der Waals surface area contributed by atoms with Crippen molar-refractivity contribution in [1.29, 1.82) is 0 Å². The highest BCUT2D eigenvalue weighted by atomic mass is 19.1. The molecule has 1 rings (SSSR count). The Morgan fingerprint density at radius 2 is 1.89 bits per heavy atom. The van der Waals surface area contributed by atoms with Crippen molar-refractivity contribution in [3.8, 4) is 0 Å². The van der Waals surface area contributed by atoms with Crippen LogP contribution in [-0.4, -0.2) is 24.5 Å². The number of para-hydroxylation sites is 1. The van der Waals surface area contributed by atoms with Crippen LogP contribution in [0.4, 0.5) is 10.1 Å². The van der Waals surface area contributed by atoms with Crippen LogP contribution in [0.1, 0.15) is 26.2 Å². The maximum absolute atomic E-state index is 13.4. The number of benzene rings is 1. The average molecular weight is 266 g/mol. The molecule has 0 spiro atoms. The van der Waals surface area contributed by atoms with E-state index < -0.39 is 6.17 Å². The average Bonchev–Trinajstić information content (AvgIpc) is 2.37. The van der Waals surface area contributed by atoms with Gasteiger partial charge in [0.05, 0.1) is 0 Å². The van der Waals surface area contributed by atoms with Crippen LogP contribution < -0.4 is 10.6 Å². The van der Waals surface area contributed by atoms with Gasteiger partial charge < -0.3 is 10.6 Å². The first-order chi connectivity index (χ1) is 9.08. The van der Waals surface area contributed by atoms with Crippen molar-refractivity contribution in [2.45, 2.75) is 32.4 Å². The minimum absolute atomic E-state index is 0.135. The van der Waals surface area contributed by atoms with Crippen molar-refractivity contribution in [3.05, 3.63) is 30.3 Å². The van der Waals surface area contributed by atoms with Gasteiger partial charge in [0, 0.05) is 25.6 Å². The Kier molecular flexibility index (Phi) is 6.57.